The first-order valence-electron chi connectivity index (χ1n) is 8.10. The number of primary amides is 1. The number of carbonyl (C=O) groups is 2. The molecule has 0 spiro atoms. The highest BCUT2D eigenvalue weighted by Gasteiger charge is 2.32. The van der Waals surface area contributed by atoms with E-state index in [1.54, 1.807) is 17.4 Å². The number of hydrogen-bond acceptors (Lipinski definition) is 5. The lowest BCUT2D eigenvalue weighted by Gasteiger charge is -2.24. The number of nitrogens with zero attached hydrogens (tertiary/aromatic N) is 2. The van der Waals surface area contributed by atoms with Crippen LogP contribution in [0.2, 0.25) is 0 Å². The van der Waals surface area contributed by atoms with Gasteiger partial charge in [0.05, 0.1) is 26.1 Å². The average molecular weight is 371 g/mol. The van der Waals surface area contributed by atoms with E-state index in [4.69, 9.17) is 5.73 Å². The van der Waals surface area contributed by atoms with Crippen molar-refractivity contribution in [3.63, 3.8) is 0 Å². The zero-order chi connectivity index (χ0) is 17.6. The third-order valence-electron chi connectivity index (χ3n) is 4.45. The Morgan fingerprint density at radius 2 is 2.08 bits per heavy atom. The summed E-state index contributed by atoms with van der Waals surface area (Å²) in [7, 11) is 0. The van der Waals surface area contributed by atoms with Crippen LogP contribution in [0, 0.1) is 6.92 Å². The van der Waals surface area contributed by atoms with Crippen molar-refractivity contribution < 1.29 is 9.59 Å². The molecule has 0 radical (unpaired) electrons. The van der Waals surface area contributed by atoms with Gasteiger partial charge in [-0.15, -0.1) is 22.7 Å². The fourth-order valence-corrected chi connectivity index (χ4v) is 5.13. The van der Waals surface area contributed by atoms with Crippen LogP contribution in [0.4, 0.5) is 0 Å². The molecule has 1 fully saturated rings. The van der Waals surface area contributed by atoms with Gasteiger partial charge in [0.25, 0.3) is 11.8 Å². The van der Waals surface area contributed by atoms with Gasteiger partial charge >= 0.3 is 0 Å². The molecule has 25 heavy (non-hydrogen) atoms. The second-order valence-electron chi connectivity index (χ2n) is 6.14. The Morgan fingerprint density at radius 1 is 1.24 bits per heavy atom. The van der Waals surface area contributed by atoms with Crippen LogP contribution in [0.3, 0.4) is 0 Å². The van der Waals surface area contributed by atoms with E-state index in [2.05, 4.69) is 4.98 Å². The predicted molar refractivity (Wildman–Crippen MR) is 100 cm³/mol. The minimum absolute atomic E-state index is 0.0125. The van der Waals surface area contributed by atoms with Crippen molar-refractivity contribution in [2.45, 2.75) is 25.8 Å². The van der Waals surface area contributed by atoms with Gasteiger partial charge < -0.3 is 10.6 Å². The van der Waals surface area contributed by atoms with Crippen molar-refractivity contribution in [3.8, 4) is 0 Å². The molecule has 5 nitrogen and oxygen atoms in total. The van der Waals surface area contributed by atoms with Crippen molar-refractivity contribution in [3.05, 3.63) is 50.7 Å². The molecule has 1 atom stereocenters. The van der Waals surface area contributed by atoms with Crippen LogP contribution in [-0.4, -0.2) is 28.2 Å². The summed E-state index contributed by atoms with van der Waals surface area (Å²) in [5.41, 5.74) is 6.89. The standard InChI is InChI=1S/C18H17N3O2S2/c1-10-20-12-9-11(4-5-14(12)24-10)18(23)21-8-2-3-13(21)15-6-7-16(25-15)17(19)22/h4-7,9,13H,2-3,8H2,1H3,(H2,19,22). The number of nitrogens with two attached hydrogens (primary N) is 1. The lowest BCUT2D eigenvalue weighted by molar-refractivity contribution is 0.0738. The lowest BCUT2D eigenvalue weighted by Crippen LogP contribution is -2.30. The molecule has 2 aromatic heterocycles. The Balaban J connectivity index is 1.63. The molecule has 4 rings (SSSR count). The Morgan fingerprint density at radius 3 is 2.84 bits per heavy atom. The number of hydrogen-bond donors (Lipinski definition) is 1. The Labute approximate surface area is 153 Å². The van der Waals surface area contributed by atoms with Crippen LogP contribution in [0.15, 0.2) is 30.3 Å². The number of benzene rings is 1. The van der Waals surface area contributed by atoms with Crippen molar-refractivity contribution in [1.82, 2.24) is 9.88 Å². The summed E-state index contributed by atoms with van der Waals surface area (Å²) >= 11 is 3.01. The molecule has 1 aliphatic rings. The van der Waals surface area contributed by atoms with Crippen LogP contribution < -0.4 is 5.73 Å². The highest BCUT2D eigenvalue weighted by Crippen LogP contribution is 2.37. The maximum absolute atomic E-state index is 13.0. The molecule has 1 saturated heterocycles. The average Bonchev–Trinajstić information content (AvgIpc) is 3.30. The second kappa shape index (κ2) is 6.24. The number of thiazole rings is 1. The zero-order valence-corrected chi connectivity index (χ0v) is 15.3. The number of thiophene rings is 1. The summed E-state index contributed by atoms with van der Waals surface area (Å²) in [6, 6.07) is 9.38. The molecule has 1 aliphatic heterocycles. The third-order valence-corrected chi connectivity index (χ3v) is 6.61. The molecule has 1 unspecified atom stereocenters. The van der Waals surface area contributed by atoms with Gasteiger partial charge in [-0.25, -0.2) is 4.98 Å². The molecule has 2 amide bonds. The van der Waals surface area contributed by atoms with Crippen molar-refractivity contribution >= 4 is 44.7 Å². The quantitative estimate of drug-likeness (QED) is 0.762. The minimum Gasteiger partial charge on any atom is -0.365 e. The van der Waals surface area contributed by atoms with E-state index >= 15 is 0 Å². The number of aromatic nitrogens is 1. The molecule has 0 saturated carbocycles. The summed E-state index contributed by atoms with van der Waals surface area (Å²) in [4.78, 5) is 32.3. The highest BCUT2D eigenvalue weighted by atomic mass is 32.1. The predicted octanol–water partition coefficient (Wildman–Crippen LogP) is 3.74. The van der Waals surface area contributed by atoms with E-state index in [1.807, 2.05) is 36.1 Å². The highest BCUT2D eigenvalue weighted by molar-refractivity contribution is 7.18. The maximum atomic E-state index is 13.0. The van der Waals surface area contributed by atoms with Gasteiger partial charge in [-0.1, -0.05) is 0 Å². The van der Waals surface area contributed by atoms with E-state index in [0.717, 1.165) is 39.5 Å². The van der Waals surface area contributed by atoms with E-state index < -0.39 is 5.91 Å². The van der Waals surface area contributed by atoms with Crippen LogP contribution in [0.1, 0.15) is 48.8 Å². The number of amides is 2. The number of carbonyl (C=O) groups excluding carboxylic acids is 2. The smallest absolute Gasteiger partial charge is 0.258 e. The van der Waals surface area contributed by atoms with Gasteiger partial charge in [-0.2, -0.15) is 0 Å². The van der Waals surface area contributed by atoms with E-state index in [9.17, 15) is 9.59 Å². The number of likely N-dealkylation sites (tertiary alicyclic amines) is 1. The first-order valence-corrected chi connectivity index (χ1v) is 9.74. The maximum Gasteiger partial charge on any atom is 0.258 e. The van der Waals surface area contributed by atoms with Crippen LogP contribution >= 0.6 is 22.7 Å². The molecule has 3 aromatic rings. The molecule has 3 heterocycles. The van der Waals surface area contributed by atoms with Crippen molar-refractivity contribution in [2.75, 3.05) is 6.54 Å². The molecule has 7 heteroatoms. The molecule has 2 N–H and O–H groups in total. The fourth-order valence-electron chi connectivity index (χ4n) is 3.31. The second-order valence-corrected chi connectivity index (χ2v) is 8.49. The monoisotopic (exact) mass is 371 g/mol. The number of aryl methyl sites for hydroxylation is 1. The van der Waals surface area contributed by atoms with Gasteiger partial charge in [0.2, 0.25) is 0 Å². The van der Waals surface area contributed by atoms with Gasteiger partial charge in [-0.05, 0) is 50.1 Å². The van der Waals surface area contributed by atoms with Crippen LogP contribution in [-0.2, 0) is 0 Å². The van der Waals surface area contributed by atoms with E-state index in [1.165, 1.54) is 11.3 Å². The third kappa shape index (κ3) is 2.94. The van der Waals surface area contributed by atoms with Crippen molar-refractivity contribution in [2.24, 2.45) is 5.73 Å². The summed E-state index contributed by atoms with van der Waals surface area (Å²) in [5, 5.41) is 0.996. The molecular formula is C18H17N3O2S2. The van der Waals surface area contributed by atoms with Crippen LogP contribution in [0.25, 0.3) is 10.2 Å². The molecule has 1 aromatic carbocycles. The Hall–Kier alpha value is -2.25. The summed E-state index contributed by atoms with van der Waals surface area (Å²) in [6.45, 7) is 2.69. The normalized spacial score (nSPS) is 17.3. The minimum atomic E-state index is -0.420. The van der Waals surface area contributed by atoms with E-state index in [0.29, 0.717) is 10.4 Å². The van der Waals surface area contributed by atoms with Gasteiger partial charge in [-0.3, -0.25) is 9.59 Å². The zero-order valence-electron chi connectivity index (χ0n) is 13.7. The fraction of sp³-hybridized carbons (Fsp3) is 0.278. The number of rotatable bonds is 3. The van der Waals surface area contributed by atoms with Gasteiger partial charge in [0.15, 0.2) is 0 Å². The van der Waals surface area contributed by atoms with Gasteiger partial charge in [0.1, 0.15) is 0 Å². The lowest BCUT2D eigenvalue weighted by atomic mass is 10.1. The summed E-state index contributed by atoms with van der Waals surface area (Å²) < 4.78 is 1.09. The first-order chi connectivity index (χ1) is 12.0. The first kappa shape index (κ1) is 16.2. The number of fused-ring (bicyclic) bond motifs is 1. The van der Waals surface area contributed by atoms with E-state index in [-0.39, 0.29) is 11.9 Å². The molecule has 0 bridgehead atoms. The Bertz CT molecular complexity index is 976. The largest absolute Gasteiger partial charge is 0.365 e. The van der Waals surface area contributed by atoms with Crippen LogP contribution in [0.5, 0.6) is 0 Å². The Kier molecular flexibility index (Phi) is 4.05. The molecular weight excluding hydrogens is 354 g/mol. The summed E-state index contributed by atoms with van der Waals surface area (Å²) in [6.07, 6.45) is 1.86. The van der Waals surface area contributed by atoms with Crippen molar-refractivity contribution in [1.29, 1.82) is 0 Å². The summed E-state index contributed by atoms with van der Waals surface area (Å²) in [5.74, 6) is -0.402. The molecule has 0 aliphatic carbocycles. The SMILES string of the molecule is Cc1nc2cc(C(=O)N3CCCC3c3ccc(C(N)=O)s3)ccc2s1. The van der Waals surface area contributed by atoms with Gasteiger partial charge in [0, 0.05) is 17.0 Å². The topological polar surface area (TPSA) is 76.3 Å². The molecule has 128 valence electrons.